The smallest absolute Gasteiger partial charge is 0.319 e. The Morgan fingerprint density at radius 3 is 2.67 bits per heavy atom. The number of esters is 1. The molecule has 0 saturated heterocycles. The minimum absolute atomic E-state index is 0.175. The first-order chi connectivity index (χ1) is 9.98. The molecule has 1 aliphatic rings. The molecule has 5 nitrogen and oxygen atoms in total. The molecule has 0 aliphatic heterocycles. The number of hydrogen-bond acceptors (Lipinski definition) is 4. The molecule has 0 radical (unpaired) electrons. The monoisotopic (exact) mass is 294 g/mol. The number of carbonyl (C=O) groups excluding carboxylic acids is 2. The lowest BCUT2D eigenvalue weighted by Gasteiger charge is -2.30. The number of hydrogen-bond donors (Lipinski definition) is 1. The van der Waals surface area contributed by atoms with E-state index < -0.39 is 23.3 Å². The fraction of sp³-hybridized carbons (Fsp3) is 0.688. The highest BCUT2D eigenvalue weighted by atomic mass is 16.5. The van der Waals surface area contributed by atoms with Gasteiger partial charge in [-0.1, -0.05) is 6.92 Å². The highest BCUT2D eigenvalue weighted by Gasteiger charge is 2.56. The topological polar surface area (TPSA) is 80.7 Å². The number of aliphatic carboxylic acids is 1. The molecule has 0 aromatic carbocycles. The molecule has 0 spiro atoms. The maximum atomic E-state index is 12.3. The maximum Gasteiger partial charge on any atom is 0.319 e. The molecule has 0 bridgehead atoms. The van der Waals surface area contributed by atoms with Gasteiger partial charge >= 0.3 is 11.9 Å². The molecular formula is C16H22O5. The highest BCUT2D eigenvalue weighted by molar-refractivity contribution is 6.06. The summed E-state index contributed by atoms with van der Waals surface area (Å²) in [6.07, 6.45) is 1.82. The normalized spacial score (nSPS) is 24.3. The molecule has 0 aromatic rings. The first-order valence-corrected chi connectivity index (χ1v) is 7.37. The zero-order valence-corrected chi connectivity index (χ0v) is 12.6. The lowest BCUT2D eigenvalue weighted by molar-refractivity contribution is -0.162. The van der Waals surface area contributed by atoms with E-state index in [2.05, 4.69) is 11.8 Å². The van der Waals surface area contributed by atoms with Gasteiger partial charge in [-0.2, -0.15) is 0 Å². The van der Waals surface area contributed by atoms with E-state index in [1.807, 2.05) is 6.92 Å². The summed E-state index contributed by atoms with van der Waals surface area (Å²) in [5, 5.41) is 9.02. The van der Waals surface area contributed by atoms with Gasteiger partial charge in [0.05, 0.1) is 6.61 Å². The molecule has 0 aromatic heterocycles. The van der Waals surface area contributed by atoms with Crippen molar-refractivity contribution in [2.24, 2.45) is 11.3 Å². The molecule has 2 atom stereocenters. The molecule has 1 aliphatic carbocycles. The Balaban J connectivity index is 3.04. The van der Waals surface area contributed by atoms with Gasteiger partial charge in [-0.05, 0) is 25.7 Å². The third-order valence-electron chi connectivity index (χ3n) is 3.92. The molecule has 0 heterocycles. The minimum atomic E-state index is -1.32. The summed E-state index contributed by atoms with van der Waals surface area (Å²) in [5.41, 5.74) is -1.32. The molecule has 1 saturated carbocycles. The zero-order chi connectivity index (χ0) is 15.9. The number of Topliss-reactive ketones (excluding diaryl/α,β-unsaturated/α-hetero) is 1. The Morgan fingerprint density at radius 1 is 1.38 bits per heavy atom. The van der Waals surface area contributed by atoms with Crippen molar-refractivity contribution in [3.63, 3.8) is 0 Å². The van der Waals surface area contributed by atoms with Crippen LogP contribution in [0.15, 0.2) is 0 Å². The summed E-state index contributed by atoms with van der Waals surface area (Å²) in [4.78, 5) is 35.7. The summed E-state index contributed by atoms with van der Waals surface area (Å²) in [5.74, 6) is 3.54. The Kier molecular flexibility index (Phi) is 6.41. The molecule has 21 heavy (non-hydrogen) atoms. The van der Waals surface area contributed by atoms with E-state index in [-0.39, 0.29) is 31.7 Å². The first-order valence-electron chi connectivity index (χ1n) is 7.37. The van der Waals surface area contributed by atoms with Gasteiger partial charge in [0.25, 0.3) is 0 Å². The molecule has 2 unspecified atom stereocenters. The Labute approximate surface area is 125 Å². The van der Waals surface area contributed by atoms with Crippen molar-refractivity contribution < 1.29 is 24.2 Å². The van der Waals surface area contributed by atoms with Crippen molar-refractivity contribution in [1.29, 1.82) is 0 Å². The van der Waals surface area contributed by atoms with Crippen LogP contribution in [0.4, 0.5) is 0 Å². The van der Waals surface area contributed by atoms with E-state index in [0.29, 0.717) is 19.3 Å². The van der Waals surface area contributed by atoms with Crippen LogP contribution in [0.2, 0.25) is 0 Å². The third kappa shape index (κ3) is 3.84. The van der Waals surface area contributed by atoms with E-state index in [9.17, 15) is 14.4 Å². The average Bonchev–Trinajstić information content (AvgIpc) is 2.73. The molecule has 5 heteroatoms. The fourth-order valence-electron chi connectivity index (χ4n) is 2.95. The zero-order valence-electron chi connectivity index (χ0n) is 12.6. The summed E-state index contributed by atoms with van der Waals surface area (Å²) in [6, 6.07) is 0. The van der Waals surface area contributed by atoms with Gasteiger partial charge in [0.1, 0.15) is 5.41 Å². The van der Waals surface area contributed by atoms with E-state index in [1.54, 1.807) is 6.92 Å². The number of carboxylic acids is 1. The van der Waals surface area contributed by atoms with Crippen molar-refractivity contribution >= 4 is 17.7 Å². The quantitative estimate of drug-likeness (QED) is 0.461. The van der Waals surface area contributed by atoms with Gasteiger partial charge < -0.3 is 9.84 Å². The third-order valence-corrected chi connectivity index (χ3v) is 3.92. The number of carboxylic acid groups (broad SMARTS) is 1. The van der Waals surface area contributed by atoms with Gasteiger partial charge in [0, 0.05) is 25.7 Å². The summed E-state index contributed by atoms with van der Waals surface area (Å²) in [6.45, 7) is 3.77. The first kappa shape index (κ1) is 17.2. The average molecular weight is 294 g/mol. The van der Waals surface area contributed by atoms with Crippen molar-refractivity contribution in [2.45, 2.75) is 52.4 Å². The van der Waals surface area contributed by atoms with Crippen LogP contribution in [-0.4, -0.2) is 29.4 Å². The lowest BCUT2D eigenvalue weighted by atomic mass is 9.72. The predicted molar refractivity (Wildman–Crippen MR) is 76.4 cm³/mol. The van der Waals surface area contributed by atoms with Crippen molar-refractivity contribution in [3.8, 4) is 11.8 Å². The Morgan fingerprint density at radius 2 is 2.10 bits per heavy atom. The van der Waals surface area contributed by atoms with Gasteiger partial charge in [-0.3, -0.25) is 14.4 Å². The van der Waals surface area contributed by atoms with E-state index >= 15 is 0 Å². The summed E-state index contributed by atoms with van der Waals surface area (Å²) < 4.78 is 5.07. The van der Waals surface area contributed by atoms with Crippen LogP contribution in [0.1, 0.15) is 52.4 Å². The van der Waals surface area contributed by atoms with Crippen molar-refractivity contribution in [3.05, 3.63) is 0 Å². The minimum Gasteiger partial charge on any atom is -0.481 e. The highest BCUT2D eigenvalue weighted by Crippen LogP contribution is 2.47. The van der Waals surface area contributed by atoms with E-state index in [4.69, 9.17) is 9.84 Å². The second-order valence-corrected chi connectivity index (χ2v) is 5.16. The van der Waals surface area contributed by atoms with Crippen LogP contribution in [0.25, 0.3) is 0 Å². The van der Waals surface area contributed by atoms with E-state index in [0.717, 1.165) is 0 Å². The number of carbonyl (C=O) groups is 3. The number of ketones is 1. The number of ether oxygens (including phenoxy) is 1. The van der Waals surface area contributed by atoms with Gasteiger partial charge in [0.15, 0.2) is 5.78 Å². The van der Waals surface area contributed by atoms with Crippen LogP contribution in [0, 0.1) is 23.2 Å². The van der Waals surface area contributed by atoms with Gasteiger partial charge in [-0.15, -0.1) is 11.8 Å². The molecule has 116 valence electrons. The lowest BCUT2D eigenvalue weighted by Crippen LogP contribution is -2.43. The SMILES string of the molecule is CCC#CCCC1(C(=O)OCC)C(=O)CCC1CC(=O)O. The maximum absolute atomic E-state index is 12.3. The van der Waals surface area contributed by atoms with Crippen molar-refractivity contribution in [2.75, 3.05) is 6.61 Å². The molecule has 0 amide bonds. The second kappa shape index (κ2) is 7.82. The second-order valence-electron chi connectivity index (χ2n) is 5.16. The molecular weight excluding hydrogens is 272 g/mol. The predicted octanol–water partition coefficient (Wildman–Crippen LogP) is 2.18. The van der Waals surface area contributed by atoms with E-state index in [1.165, 1.54) is 0 Å². The molecule has 1 fully saturated rings. The largest absolute Gasteiger partial charge is 0.481 e. The van der Waals surface area contributed by atoms with Gasteiger partial charge in [0.2, 0.25) is 0 Å². The van der Waals surface area contributed by atoms with Crippen molar-refractivity contribution in [1.82, 2.24) is 0 Å². The van der Waals surface area contributed by atoms with Gasteiger partial charge in [-0.25, -0.2) is 0 Å². The van der Waals surface area contributed by atoms with Crippen LogP contribution in [0.3, 0.4) is 0 Å². The summed E-state index contributed by atoms with van der Waals surface area (Å²) in [7, 11) is 0. The summed E-state index contributed by atoms with van der Waals surface area (Å²) >= 11 is 0. The molecule has 1 N–H and O–H groups in total. The van der Waals surface area contributed by atoms with Crippen LogP contribution < -0.4 is 0 Å². The fourth-order valence-corrected chi connectivity index (χ4v) is 2.95. The van der Waals surface area contributed by atoms with Crippen LogP contribution in [0.5, 0.6) is 0 Å². The van der Waals surface area contributed by atoms with Crippen LogP contribution >= 0.6 is 0 Å². The standard InChI is InChI=1S/C16H22O5/c1-3-5-6-7-10-16(15(20)21-4-2)12(11-14(18)19)8-9-13(16)17/h12H,3-4,7-11H2,1-2H3,(H,18,19). The Hall–Kier alpha value is -1.83. The Bertz CT molecular complexity index is 471. The van der Waals surface area contributed by atoms with Crippen LogP contribution in [-0.2, 0) is 19.1 Å². The number of rotatable bonds is 6. The molecule has 1 rings (SSSR count).